The molecule has 0 spiro atoms. The highest BCUT2D eigenvalue weighted by Crippen LogP contribution is 2.31. The van der Waals surface area contributed by atoms with Gasteiger partial charge in [-0.05, 0) is 36.8 Å². The second-order valence-electron chi connectivity index (χ2n) is 5.24. The Labute approximate surface area is 130 Å². The van der Waals surface area contributed by atoms with Crippen molar-refractivity contribution in [3.8, 4) is 0 Å². The lowest BCUT2D eigenvalue weighted by Gasteiger charge is -2.30. The molecular formula is C14H19Cl2NO2S. The van der Waals surface area contributed by atoms with Gasteiger partial charge in [-0.3, -0.25) is 0 Å². The van der Waals surface area contributed by atoms with Gasteiger partial charge in [-0.15, -0.1) is 11.6 Å². The molecule has 1 aromatic rings. The van der Waals surface area contributed by atoms with Crippen LogP contribution in [-0.4, -0.2) is 20.8 Å². The first kappa shape index (κ1) is 16.1. The second kappa shape index (κ2) is 7.12. The van der Waals surface area contributed by atoms with Crippen LogP contribution in [0, 0.1) is 11.8 Å². The van der Waals surface area contributed by atoms with Gasteiger partial charge in [0.15, 0.2) is 0 Å². The van der Waals surface area contributed by atoms with Crippen LogP contribution < -0.4 is 4.72 Å². The summed E-state index contributed by atoms with van der Waals surface area (Å²) in [6.45, 7) is 0.435. The van der Waals surface area contributed by atoms with Gasteiger partial charge >= 0.3 is 0 Å². The lowest BCUT2D eigenvalue weighted by molar-refractivity contribution is 0.260. The number of alkyl halides is 1. The molecule has 20 heavy (non-hydrogen) atoms. The zero-order valence-electron chi connectivity index (χ0n) is 11.2. The minimum absolute atomic E-state index is 0.139. The molecule has 1 N–H and O–H groups in total. The molecule has 1 fully saturated rings. The van der Waals surface area contributed by atoms with Gasteiger partial charge in [-0.2, -0.15) is 0 Å². The molecule has 0 aromatic heterocycles. The van der Waals surface area contributed by atoms with Gasteiger partial charge in [0.05, 0.1) is 5.02 Å². The van der Waals surface area contributed by atoms with Crippen LogP contribution in [0.4, 0.5) is 0 Å². The Morgan fingerprint density at radius 3 is 2.45 bits per heavy atom. The molecule has 0 aliphatic heterocycles. The fourth-order valence-corrected chi connectivity index (χ4v) is 4.73. The molecule has 1 aromatic carbocycles. The van der Waals surface area contributed by atoms with E-state index in [1.54, 1.807) is 18.2 Å². The SMILES string of the molecule is O=S(=O)(NCC1CCCCC1CCl)c1ccccc1Cl. The van der Waals surface area contributed by atoms with Crippen molar-refractivity contribution in [1.82, 2.24) is 4.72 Å². The Kier molecular flexibility index (Phi) is 5.73. The highest BCUT2D eigenvalue weighted by Gasteiger charge is 2.26. The summed E-state index contributed by atoms with van der Waals surface area (Å²) in [5.41, 5.74) is 0. The number of halogens is 2. The van der Waals surface area contributed by atoms with Gasteiger partial charge in [0.25, 0.3) is 0 Å². The lowest BCUT2D eigenvalue weighted by Crippen LogP contribution is -2.35. The molecule has 0 amide bonds. The highest BCUT2D eigenvalue weighted by molar-refractivity contribution is 7.89. The number of hydrogen-bond acceptors (Lipinski definition) is 2. The normalized spacial score (nSPS) is 23.7. The van der Waals surface area contributed by atoms with Gasteiger partial charge in [0.2, 0.25) is 10.0 Å². The summed E-state index contributed by atoms with van der Waals surface area (Å²) in [6, 6.07) is 6.48. The molecule has 6 heteroatoms. The third-order valence-electron chi connectivity index (χ3n) is 3.93. The molecule has 112 valence electrons. The molecule has 2 atom stereocenters. The molecule has 1 aliphatic carbocycles. The predicted molar refractivity (Wildman–Crippen MR) is 82.8 cm³/mol. The van der Waals surface area contributed by atoms with Crippen molar-refractivity contribution in [2.45, 2.75) is 30.6 Å². The summed E-state index contributed by atoms with van der Waals surface area (Å²) in [4.78, 5) is 0.139. The maximum Gasteiger partial charge on any atom is 0.242 e. The second-order valence-corrected chi connectivity index (χ2v) is 7.69. The number of hydrogen-bond donors (Lipinski definition) is 1. The van der Waals surface area contributed by atoms with E-state index in [9.17, 15) is 8.42 Å². The summed E-state index contributed by atoms with van der Waals surface area (Å²) < 4.78 is 27.2. The van der Waals surface area contributed by atoms with Gasteiger partial charge < -0.3 is 0 Å². The van der Waals surface area contributed by atoms with E-state index in [0.717, 1.165) is 19.3 Å². The minimum Gasteiger partial charge on any atom is -0.211 e. The van der Waals surface area contributed by atoms with Crippen LogP contribution >= 0.6 is 23.2 Å². The Hall–Kier alpha value is -0.290. The highest BCUT2D eigenvalue weighted by atomic mass is 35.5. The quantitative estimate of drug-likeness (QED) is 0.834. The zero-order valence-corrected chi connectivity index (χ0v) is 13.5. The molecular weight excluding hydrogens is 317 g/mol. The van der Waals surface area contributed by atoms with E-state index in [-0.39, 0.29) is 9.92 Å². The van der Waals surface area contributed by atoms with Gasteiger partial charge in [-0.25, -0.2) is 13.1 Å². The Morgan fingerprint density at radius 2 is 1.80 bits per heavy atom. The first-order valence-electron chi connectivity index (χ1n) is 6.85. The Balaban J connectivity index is 2.04. The molecule has 3 nitrogen and oxygen atoms in total. The molecule has 0 saturated heterocycles. The maximum absolute atomic E-state index is 12.3. The third-order valence-corrected chi connectivity index (χ3v) is 6.25. The van der Waals surface area contributed by atoms with Crippen LogP contribution in [0.2, 0.25) is 5.02 Å². The average Bonchev–Trinajstić information content (AvgIpc) is 2.46. The number of nitrogens with one attached hydrogen (secondary N) is 1. The van der Waals surface area contributed by atoms with Crippen LogP contribution in [0.5, 0.6) is 0 Å². The van der Waals surface area contributed by atoms with Crippen molar-refractivity contribution in [3.63, 3.8) is 0 Å². The molecule has 0 heterocycles. The van der Waals surface area contributed by atoms with E-state index in [4.69, 9.17) is 23.2 Å². The fourth-order valence-electron chi connectivity index (χ4n) is 2.71. The van der Waals surface area contributed by atoms with Crippen molar-refractivity contribution < 1.29 is 8.42 Å². The summed E-state index contributed by atoms with van der Waals surface area (Å²) in [5.74, 6) is 1.32. The number of rotatable bonds is 5. The number of benzene rings is 1. The van der Waals surface area contributed by atoms with E-state index in [2.05, 4.69) is 4.72 Å². The molecule has 1 aliphatic rings. The number of sulfonamides is 1. The van der Waals surface area contributed by atoms with Crippen molar-refractivity contribution in [2.75, 3.05) is 12.4 Å². The van der Waals surface area contributed by atoms with E-state index < -0.39 is 10.0 Å². The molecule has 0 bridgehead atoms. The van der Waals surface area contributed by atoms with Gasteiger partial charge in [0, 0.05) is 12.4 Å². The molecule has 2 unspecified atom stereocenters. The van der Waals surface area contributed by atoms with Crippen LogP contribution in [0.3, 0.4) is 0 Å². The Morgan fingerprint density at radius 1 is 1.15 bits per heavy atom. The van der Waals surface area contributed by atoms with Gasteiger partial charge in [0.1, 0.15) is 4.90 Å². The van der Waals surface area contributed by atoms with Crippen LogP contribution in [-0.2, 0) is 10.0 Å². The molecule has 1 saturated carbocycles. The first-order chi connectivity index (χ1) is 9.54. The predicted octanol–water partition coefficient (Wildman–Crippen LogP) is 3.66. The van der Waals surface area contributed by atoms with E-state index in [1.807, 2.05) is 0 Å². The fraction of sp³-hybridized carbons (Fsp3) is 0.571. The maximum atomic E-state index is 12.3. The van der Waals surface area contributed by atoms with Crippen LogP contribution in [0.1, 0.15) is 25.7 Å². The van der Waals surface area contributed by atoms with E-state index in [0.29, 0.717) is 24.3 Å². The third kappa shape index (κ3) is 3.88. The zero-order chi connectivity index (χ0) is 14.6. The van der Waals surface area contributed by atoms with Crippen LogP contribution in [0.25, 0.3) is 0 Å². The van der Waals surface area contributed by atoms with Crippen molar-refractivity contribution >= 4 is 33.2 Å². The van der Waals surface area contributed by atoms with E-state index in [1.165, 1.54) is 12.5 Å². The topological polar surface area (TPSA) is 46.2 Å². The van der Waals surface area contributed by atoms with E-state index >= 15 is 0 Å². The summed E-state index contributed by atoms with van der Waals surface area (Å²) in [6.07, 6.45) is 4.45. The summed E-state index contributed by atoms with van der Waals surface area (Å²) in [7, 11) is -3.55. The van der Waals surface area contributed by atoms with Gasteiger partial charge in [-0.1, -0.05) is 36.6 Å². The standard InChI is InChI=1S/C14H19Cl2NO2S/c15-9-11-5-1-2-6-12(11)10-17-20(18,19)14-8-4-3-7-13(14)16/h3-4,7-8,11-12,17H,1-2,5-6,9-10H2. The average molecular weight is 336 g/mol. The summed E-state index contributed by atoms with van der Waals surface area (Å²) >= 11 is 11.9. The van der Waals surface area contributed by atoms with Crippen LogP contribution in [0.15, 0.2) is 29.2 Å². The Bertz CT molecular complexity index is 548. The smallest absolute Gasteiger partial charge is 0.211 e. The van der Waals surface area contributed by atoms with Crippen molar-refractivity contribution in [2.24, 2.45) is 11.8 Å². The molecule has 2 rings (SSSR count). The first-order valence-corrected chi connectivity index (χ1v) is 9.24. The van der Waals surface area contributed by atoms with Crippen molar-refractivity contribution in [1.29, 1.82) is 0 Å². The summed E-state index contributed by atoms with van der Waals surface area (Å²) in [5, 5.41) is 0.248. The molecule has 0 radical (unpaired) electrons. The largest absolute Gasteiger partial charge is 0.242 e. The lowest BCUT2D eigenvalue weighted by atomic mass is 9.80. The monoisotopic (exact) mass is 335 g/mol. The minimum atomic E-state index is -3.55. The van der Waals surface area contributed by atoms with Crippen molar-refractivity contribution in [3.05, 3.63) is 29.3 Å².